The first-order valence-electron chi connectivity index (χ1n) is 18.2. The second-order valence-corrected chi connectivity index (χ2v) is 15.2. The van der Waals surface area contributed by atoms with Crippen molar-refractivity contribution >= 4 is 0 Å². The summed E-state index contributed by atoms with van der Waals surface area (Å²) in [5, 5.41) is 49.5. The van der Waals surface area contributed by atoms with Crippen molar-refractivity contribution in [2.75, 3.05) is 54.4 Å². The van der Waals surface area contributed by atoms with Crippen molar-refractivity contribution < 1.29 is 71.0 Å². The van der Waals surface area contributed by atoms with E-state index in [1.54, 1.807) is 24.3 Å². The van der Waals surface area contributed by atoms with Crippen LogP contribution in [0.2, 0.25) is 0 Å². The fraction of sp³-hybridized carbons (Fsp3) is 0.455. The molecule has 13 heteroatoms. The summed E-state index contributed by atoms with van der Waals surface area (Å²) in [5.41, 5.74) is 11.8. The molecule has 4 aromatic carbocycles. The van der Waals surface area contributed by atoms with Crippen molar-refractivity contribution in [2.45, 2.75) is 81.6 Å². The maximum absolute atomic E-state index is 12.4. The number of nitrogens with zero attached hydrogens (tertiary/aromatic N) is 4. The van der Waals surface area contributed by atoms with Crippen molar-refractivity contribution in [3.05, 3.63) is 115 Å². The number of benzene rings is 4. The Morgan fingerprint density at radius 2 is 0.509 bits per heavy atom. The molecule has 0 aliphatic rings. The molecule has 0 unspecified atom stereocenters. The third kappa shape index (κ3) is 18.1. The minimum absolute atomic E-state index is 0. The van der Waals surface area contributed by atoms with E-state index in [4.69, 9.17) is 0 Å². The van der Waals surface area contributed by atoms with Crippen LogP contribution in [-0.2, 0) is 60.3 Å². The zero-order valence-electron chi connectivity index (χ0n) is 35.8. The molecule has 0 saturated carbocycles. The molecule has 57 heavy (non-hydrogen) atoms. The topological polar surface area (TPSA) is 200 Å². The summed E-state index contributed by atoms with van der Waals surface area (Å²) >= 11 is 0. The van der Waals surface area contributed by atoms with Gasteiger partial charge in [0.25, 0.3) is 0 Å². The molecule has 0 aromatic heterocycles. The molecule has 0 aliphatic carbocycles. The van der Waals surface area contributed by atoms with Crippen molar-refractivity contribution in [2.24, 2.45) is 0 Å². The van der Waals surface area contributed by atoms with Crippen LogP contribution < -0.4 is 20.4 Å². The monoisotopic (exact) mass is 888 g/mol. The Morgan fingerprint density at radius 1 is 0.333 bits per heavy atom. The summed E-state index contributed by atoms with van der Waals surface area (Å²) in [5.74, 6) is 0.298. The van der Waals surface area contributed by atoms with E-state index in [9.17, 15) is 20.4 Å². The SMILES string of the molecule is Cc1cc([O-])c(CN(CCN(C)C)Cc2cc(C)c(C)cc2[O-])cc1C.Cc1cc([O-])c(CN(CCN(C)C)Cc2cc(C)c(C)cc2[O-])cc1C.O.O.O.[Cu+2].[Cu+2]. The van der Waals surface area contributed by atoms with Crippen molar-refractivity contribution in [1.82, 2.24) is 19.6 Å². The van der Waals surface area contributed by atoms with Gasteiger partial charge in [0.15, 0.2) is 0 Å². The van der Waals surface area contributed by atoms with Crippen LogP contribution in [0.25, 0.3) is 0 Å². The van der Waals surface area contributed by atoms with Gasteiger partial charge in [-0.25, -0.2) is 0 Å². The van der Waals surface area contributed by atoms with Gasteiger partial charge in [0, 0.05) is 52.4 Å². The van der Waals surface area contributed by atoms with Crippen molar-refractivity contribution in [1.29, 1.82) is 0 Å². The Hall–Kier alpha value is -3.16. The van der Waals surface area contributed by atoms with E-state index in [0.29, 0.717) is 26.2 Å². The van der Waals surface area contributed by atoms with E-state index in [1.165, 1.54) is 0 Å². The van der Waals surface area contributed by atoms with E-state index in [0.717, 1.165) is 92.9 Å². The molecule has 2 radical (unpaired) electrons. The molecule has 0 amide bonds. The average Bonchev–Trinajstić information content (AvgIpc) is 3.05. The fourth-order valence-corrected chi connectivity index (χ4v) is 5.97. The minimum atomic E-state index is 0. The molecule has 11 nitrogen and oxygen atoms in total. The zero-order valence-corrected chi connectivity index (χ0v) is 37.7. The summed E-state index contributed by atoms with van der Waals surface area (Å²) in [7, 11) is 8.12. The van der Waals surface area contributed by atoms with Crippen LogP contribution in [0.1, 0.15) is 66.8 Å². The van der Waals surface area contributed by atoms with E-state index in [1.807, 2.05) is 108 Å². The van der Waals surface area contributed by atoms with Gasteiger partial charge in [-0.05, 0) is 150 Å². The van der Waals surface area contributed by atoms with Crippen LogP contribution in [0.15, 0.2) is 48.5 Å². The predicted molar refractivity (Wildman–Crippen MR) is 218 cm³/mol. The maximum Gasteiger partial charge on any atom is 2.00 e. The molecule has 4 aromatic rings. The molecule has 0 aliphatic heterocycles. The Labute approximate surface area is 363 Å². The third-order valence-corrected chi connectivity index (χ3v) is 10.0. The molecule has 4 rings (SSSR count). The second-order valence-electron chi connectivity index (χ2n) is 15.2. The first-order chi connectivity index (χ1) is 24.3. The van der Waals surface area contributed by atoms with Crippen LogP contribution in [-0.4, -0.2) is 90.4 Å². The Bertz CT molecular complexity index is 1570. The molecular weight excluding hydrogens is 824 g/mol. The van der Waals surface area contributed by atoms with E-state index in [-0.39, 0.29) is 73.6 Å². The zero-order chi connectivity index (χ0) is 38.9. The summed E-state index contributed by atoms with van der Waals surface area (Å²) in [4.78, 5) is 8.61. The maximum atomic E-state index is 12.4. The van der Waals surface area contributed by atoms with E-state index < -0.39 is 0 Å². The van der Waals surface area contributed by atoms with Gasteiger partial charge in [-0.15, -0.1) is 23.0 Å². The first-order valence-corrected chi connectivity index (χ1v) is 18.2. The Kier molecular flexibility index (Phi) is 27.3. The molecule has 0 saturated heterocycles. The van der Waals surface area contributed by atoms with Gasteiger partial charge in [0.2, 0.25) is 0 Å². The normalized spacial score (nSPS) is 10.5. The summed E-state index contributed by atoms with van der Waals surface area (Å²) in [6, 6.07) is 14.8. The molecule has 326 valence electrons. The van der Waals surface area contributed by atoms with Gasteiger partial charge in [0.1, 0.15) is 0 Å². The van der Waals surface area contributed by atoms with Crippen LogP contribution in [0.4, 0.5) is 0 Å². The number of hydrogen-bond acceptors (Lipinski definition) is 8. The Balaban J connectivity index is -0.000000941. The number of rotatable bonds is 14. The van der Waals surface area contributed by atoms with Crippen LogP contribution in [0, 0.1) is 55.4 Å². The summed E-state index contributed by atoms with van der Waals surface area (Å²) in [6.45, 7) is 21.5. The number of hydrogen-bond donors (Lipinski definition) is 0. The number of likely N-dealkylation sites (N-methyl/N-ethyl adjacent to an activating group) is 2. The fourth-order valence-electron chi connectivity index (χ4n) is 5.97. The van der Waals surface area contributed by atoms with Gasteiger partial charge in [-0.3, -0.25) is 9.80 Å². The van der Waals surface area contributed by atoms with Crippen LogP contribution in [0.5, 0.6) is 23.0 Å². The largest absolute Gasteiger partial charge is 2.00 e. The molecule has 0 heterocycles. The standard InChI is InChI=1S/2C22H32N2O2.2Cu.3H2O/c2*1-15-9-19(21(25)11-17(15)3)13-24(8-7-23(5)6)14-20-10-16(2)18(4)12-22(20)26;;;;;/h2*9-12,25-26H,7-8,13-14H2,1-6H3;;;3*1H2/q;;2*+2;;;/p-4. The smallest absolute Gasteiger partial charge is 0.872 e. The molecular formula is C44H66Cu2N4O7. The molecule has 0 fully saturated rings. The van der Waals surface area contributed by atoms with E-state index in [2.05, 4.69) is 19.6 Å². The first kappa shape index (κ1) is 58.2. The summed E-state index contributed by atoms with van der Waals surface area (Å²) < 4.78 is 0. The van der Waals surface area contributed by atoms with Crippen molar-refractivity contribution in [3.8, 4) is 23.0 Å². The molecule has 6 N–H and O–H groups in total. The van der Waals surface area contributed by atoms with Gasteiger partial charge in [-0.1, -0.05) is 48.5 Å². The average molecular weight is 890 g/mol. The van der Waals surface area contributed by atoms with Crippen LogP contribution in [0.3, 0.4) is 0 Å². The third-order valence-electron chi connectivity index (χ3n) is 10.0. The van der Waals surface area contributed by atoms with Gasteiger partial charge < -0.3 is 46.7 Å². The Morgan fingerprint density at radius 3 is 0.684 bits per heavy atom. The summed E-state index contributed by atoms with van der Waals surface area (Å²) in [6.07, 6.45) is 0. The minimum Gasteiger partial charge on any atom is -0.872 e. The molecule has 0 spiro atoms. The van der Waals surface area contributed by atoms with Gasteiger partial charge in [0.05, 0.1) is 0 Å². The van der Waals surface area contributed by atoms with Gasteiger partial charge >= 0.3 is 34.1 Å². The van der Waals surface area contributed by atoms with Crippen LogP contribution >= 0.6 is 0 Å². The second kappa shape index (κ2) is 26.8. The predicted octanol–water partition coefficient (Wildman–Crippen LogP) is 2.78. The molecule has 0 atom stereocenters. The van der Waals surface area contributed by atoms with Crippen molar-refractivity contribution in [3.63, 3.8) is 0 Å². The van der Waals surface area contributed by atoms with E-state index >= 15 is 0 Å². The van der Waals surface area contributed by atoms with Gasteiger partial charge in [-0.2, -0.15) is 0 Å². The number of aryl methyl sites for hydroxylation is 8. The molecule has 0 bridgehead atoms. The quantitative estimate of drug-likeness (QED) is 0.172.